The number of hydrogen-bond acceptors (Lipinski definition) is 6. The molecule has 0 radical (unpaired) electrons. The third-order valence-electron chi connectivity index (χ3n) is 6.07. The van der Waals surface area contributed by atoms with Crippen molar-refractivity contribution >= 4 is 5.82 Å². The zero-order chi connectivity index (χ0) is 24.3. The van der Waals surface area contributed by atoms with Gasteiger partial charge in [0, 0.05) is 25.3 Å². The molecule has 186 valence electrons. The van der Waals surface area contributed by atoms with Gasteiger partial charge in [0.2, 0.25) is 5.88 Å². The van der Waals surface area contributed by atoms with Crippen LogP contribution < -0.4 is 19.5 Å². The Balaban J connectivity index is 1.42. The lowest BCUT2D eigenvalue weighted by Crippen LogP contribution is -2.26. The molecular formula is C29H36N2O4. The molecule has 1 unspecified atom stereocenters. The molecule has 4 rings (SSSR count). The van der Waals surface area contributed by atoms with Gasteiger partial charge in [-0.3, -0.25) is 0 Å². The van der Waals surface area contributed by atoms with Crippen molar-refractivity contribution in [3.05, 3.63) is 77.4 Å². The third kappa shape index (κ3) is 7.89. The van der Waals surface area contributed by atoms with Gasteiger partial charge in [0.1, 0.15) is 30.5 Å². The quantitative estimate of drug-likeness (QED) is 0.337. The van der Waals surface area contributed by atoms with Crippen LogP contribution in [0.1, 0.15) is 49.3 Å². The van der Waals surface area contributed by atoms with Crippen molar-refractivity contribution in [3.63, 3.8) is 0 Å². The molecule has 3 aromatic rings. The van der Waals surface area contributed by atoms with E-state index in [9.17, 15) is 0 Å². The van der Waals surface area contributed by atoms with Gasteiger partial charge in [0.15, 0.2) is 0 Å². The topological polar surface area (TPSA) is 61.8 Å². The second-order valence-corrected chi connectivity index (χ2v) is 8.88. The van der Waals surface area contributed by atoms with E-state index in [1.165, 1.54) is 17.5 Å². The first kappa shape index (κ1) is 24.9. The van der Waals surface area contributed by atoms with Gasteiger partial charge >= 0.3 is 0 Å². The average Bonchev–Trinajstić information content (AvgIpc) is 2.91. The van der Waals surface area contributed by atoms with Crippen molar-refractivity contribution in [1.29, 1.82) is 0 Å². The third-order valence-corrected chi connectivity index (χ3v) is 6.07. The summed E-state index contributed by atoms with van der Waals surface area (Å²) < 4.78 is 23.2. The molecule has 0 saturated carbocycles. The van der Waals surface area contributed by atoms with E-state index in [0.29, 0.717) is 31.4 Å². The van der Waals surface area contributed by atoms with Crippen molar-refractivity contribution < 1.29 is 18.9 Å². The highest BCUT2D eigenvalue weighted by Crippen LogP contribution is 2.25. The highest BCUT2D eigenvalue weighted by molar-refractivity contribution is 5.45. The molecule has 6 nitrogen and oxygen atoms in total. The van der Waals surface area contributed by atoms with Crippen molar-refractivity contribution in [3.8, 4) is 17.4 Å². The maximum atomic E-state index is 6.10. The summed E-state index contributed by atoms with van der Waals surface area (Å²) in [6.07, 6.45) is 5.70. The van der Waals surface area contributed by atoms with Gasteiger partial charge < -0.3 is 24.3 Å². The first-order valence-electron chi connectivity index (χ1n) is 12.6. The summed E-state index contributed by atoms with van der Waals surface area (Å²) in [4.78, 5) is 4.67. The molecule has 1 N–H and O–H groups in total. The van der Waals surface area contributed by atoms with Gasteiger partial charge in [-0.1, -0.05) is 49.7 Å². The van der Waals surface area contributed by atoms with Crippen molar-refractivity contribution in [1.82, 2.24) is 4.98 Å². The van der Waals surface area contributed by atoms with Crippen LogP contribution in [0.25, 0.3) is 0 Å². The number of nitrogens with zero attached hydrogens (tertiary/aromatic N) is 1. The van der Waals surface area contributed by atoms with Crippen LogP contribution in [0.5, 0.6) is 17.4 Å². The lowest BCUT2D eigenvalue weighted by molar-refractivity contribution is -0.0119. The normalized spacial score (nSPS) is 15.4. The van der Waals surface area contributed by atoms with E-state index < -0.39 is 0 Å². The lowest BCUT2D eigenvalue weighted by Gasteiger charge is -2.22. The van der Waals surface area contributed by atoms with E-state index in [4.69, 9.17) is 18.9 Å². The number of aryl methyl sites for hydroxylation is 1. The van der Waals surface area contributed by atoms with Crippen LogP contribution in [0.15, 0.2) is 60.7 Å². The van der Waals surface area contributed by atoms with Crippen LogP contribution in [-0.4, -0.2) is 31.4 Å². The molecule has 1 saturated heterocycles. The van der Waals surface area contributed by atoms with Crippen molar-refractivity contribution in [2.24, 2.45) is 0 Å². The number of anilines is 1. The minimum Gasteiger partial charge on any atom is -0.497 e. The Morgan fingerprint density at radius 1 is 0.914 bits per heavy atom. The van der Waals surface area contributed by atoms with Crippen LogP contribution in [0.4, 0.5) is 5.82 Å². The standard InChI is InChI=1S/C29H36N2O4/c1-3-6-22-8-10-23(11-9-22)19-30-28-17-27(34-20-24-12-14-25(32-2)15-13-24)18-29(31-28)35-21-26-7-4-5-16-33-26/h8-15,17-18,26H,3-7,16,19-21H2,1-2H3,(H,30,31). The minimum absolute atomic E-state index is 0.118. The van der Waals surface area contributed by atoms with Crippen LogP contribution in [0, 0.1) is 0 Å². The first-order valence-corrected chi connectivity index (χ1v) is 12.6. The summed E-state index contributed by atoms with van der Waals surface area (Å²) in [7, 11) is 1.66. The molecule has 2 aromatic carbocycles. The van der Waals surface area contributed by atoms with E-state index in [2.05, 4.69) is 41.5 Å². The number of aromatic nitrogens is 1. The second kappa shape index (κ2) is 13.0. The fourth-order valence-corrected chi connectivity index (χ4v) is 4.04. The molecule has 35 heavy (non-hydrogen) atoms. The Labute approximate surface area is 208 Å². The molecule has 0 aliphatic carbocycles. The molecule has 1 atom stereocenters. The second-order valence-electron chi connectivity index (χ2n) is 8.88. The number of methoxy groups -OCH3 is 1. The number of hydrogen-bond donors (Lipinski definition) is 1. The first-order chi connectivity index (χ1) is 17.2. The summed E-state index contributed by atoms with van der Waals surface area (Å²) in [6, 6.07) is 20.3. The summed E-state index contributed by atoms with van der Waals surface area (Å²) in [5.41, 5.74) is 3.63. The van der Waals surface area contributed by atoms with Gasteiger partial charge in [-0.2, -0.15) is 4.98 Å². The molecule has 6 heteroatoms. The average molecular weight is 477 g/mol. The molecule has 0 amide bonds. The van der Waals surface area contributed by atoms with E-state index in [1.54, 1.807) is 7.11 Å². The Bertz CT molecular complexity index is 1030. The number of nitrogens with one attached hydrogen (secondary N) is 1. The molecule has 0 bridgehead atoms. The van der Waals surface area contributed by atoms with E-state index in [0.717, 1.165) is 49.4 Å². The van der Waals surface area contributed by atoms with Gasteiger partial charge in [0.05, 0.1) is 13.2 Å². The zero-order valence-electron chi connectivity index (χ0n) is 20.8. The van der Waals surface area contributed by atoms with E-state index >= 15 is 0 Å². The molecule has 0 spiro atoms. The maximum Gasteiger partial charge on any atom is 0.219 e. The summed E-state index contributed by atoms with van der Waals surface area (Å²) in [6.45, 7) is 4.61. The number of ether oxygens (including phenoxy) is 4. The fourth-order valence-electron chi connectivity index (χ4n) is 4.04. The molecule has 1 aliphatic heterocycles. The fraction of sp³-hybridized carbons (Fsp3) is 0.414. The Hall–Kier alpha value is -3.25. The largest absolute Gasteiger partial charge is 0.497 e. The number of rotatable bonds is 12. The van der Waals surface area contributed by atoms with Gasteiger partial charge in [-0.05, 0) is 54.5 Å². The van der Waals surface area contributed by atoms with Gasteiger partial charge in [-0.25, -0.2) is 0 Å². The van der Waals surface area contributed by atoms with Crippen molar-refractivity contribution in [2.45, 2.75) is 58.3 Å². The van der Waals surface area contributed by atoms with Crippen LogP contribution in [0.2, 0.25) is 0 Å². The molecule has 1 fully saturated rings. The molecule has 1 aromatic heterocycles. The predicted octanol–water partition coefficient (Wildman–Crippen LogP) is 6.18. The smallest absolute Gasteiger partial charge is 0.219 e. The Kier molecular flexibility index (Phi) is 9.24. The molecular weight excluding hydrogens is 440 g/mol. The van der Waals surface area contributed by atoms with Gasteiger partial charge in [-0.15, -0.1) is 0 Å². The summed E-state index contributed by atoms with van der Waals surface area (Å²) >= 11 is 0. The SMILES string of the molecule is CCCc1ccc(CNc2cc(OCc3ccc(OC)cc3)cc(OCC3CCCCO3)n2)cc1. The van der Waals surface area contributed by atoms with Crippen LogP contribution in [-0.2, 0) is 24.3 Å². The number of pyridine rings is 1. The highest BCUT2D eigenvalue weighted by Gasteiger charge is 2.15. The summed E-state index contributed by atoms with van der Waals surface area (Å²) in [5.74, 6) is 2.78. The van der Waals surface area contributed by atoms with E-state index in [-0.39, 0.29) is 6.10 Å². The van der Waals surface area contributed by atoms with Crippen molar-refractivity contribution in [2.75, 3.05) is 25.6 Å². The van der Waals surface area contributed by atoms with Crippen LogP contribution in [0.3, 0.4) is 0 Å². The predicted molar refractivity (Wildman–Crippen MR) is 138 cm³/mol. The molecule has 1 aliphatic rings. The zero-order valence-corrected chi connectivity index (χ0v) is 20.8. The Morgan fingerprint density at radius 3 is 2.40 bits per heavy atom. The van der Waals surface area contributed by atoms with E-state index in [1.807, 2.05) is 36.4 Å². The molecule has 2 heterocycles. The van der Waals surface area contributed by atoms with Gasteiger partial charge in [0.25, 0.3) is 0 Å². The van der Waals surface area contributed by atoms with Crippen LogP contribution >= 0.6 is 0 Å². The monoisotopic (exact) mass is 476 g/mol. The Morgan fingerprint density at radius 2 is 1.69 bits per heavy atom. The summed E-state index contributed by atoms with van der Waals surface area (Å²) in [5, 5.41) is 3.43. The highest BCUT2D eigenvalue weighted by atomic mass is 16.5. The maximum absolute atomic E-state index is 6.10. The lowest BCUT2D eigenvalue weighted by atomic mass is 10.1. The minimum atomic E-state index is 0.118. The number of benzene rings is 2.